The SMILES string of the molecule is CCOc1ccc(Nc2ncccc2C(=O)OCC(=O)N(C)CC(=O)Nc2c(C)cccc2C)cc1. The third-order valence-corrected chi connectivity index (χ3v) is 5.33. The fourth-order valence-corrected chi connectivity index (χ4v) is 3.42. The summed E-state index contributed by atoms with van der Waals surface area (Å²) in [6.45, 7) is 5.57. The standard InChI is InChI=1S/C27H30N4O5/c1-5-35-21-13-11-20(12-14-21)29-26-22(10-7-15-28-26)27(34)36-17-24(33)31(4)16-23(32)30-25-18(2)8-6-9-19(25)3/h6-15H,5,16-17H2,1-4H3,(H,28,29)(H,30,32). The Kier molecular flexibility index (Phi) is 8.99. The summed E-state index contributed by atoms with van der Waals surface area (Å²) < 4.78 is 10.6. The third-order valence-electron chi connectivity index (χ3n) is 5.33. The van der Waals surface area contributed by atoms with Crippen LogP contribution < -0.4 is 15.4 Å². The van der Waals surface area contributed by atoms with Gasteiger partial charge in [-0.05, 0) is 68.3 Å². The van der Waals surface area contributed by atoms with Crippen LogP contribution in [0.1, 0.15) is 28.4 Å². The van der Waals surface area contributed by atoms with E-state index in [1.54, 1.807) is 42.6 Å². The molecule has 2 aromatic carbocycles. The van der Waals surface area contributed by atoms with Gasteiger partial charge in [0.15, 0.2) is 6.61 Å². The van der Waals surface area contributed by atoms with E-state index in [0.29, 0.717) is 18.1 Å². The molecule has 0 aliphatic rings. The number of amides is 2. The first-order chi connectivity index (χ1) is 17.3. The van der Waals surface area contributed by atoms with Gasteiger partial charge in [-0.2, -0.15) is 0 Å². The fraction of sp³-hybridized carbons (Fsp3) is 0.259. The van der Waals surface area contributed by atoms with Crippen LogP contribution in [-0.4, -0.2) is 54.5 Å². The van der Waals surface area contributed by atoms with Crippen LogP contribution in [0.5, 0.6) is 5.75 Å². The van der Waals surface area contributed by atoms with Crippen LogP contribution >= 0.6 is 0 Å². The van der Waals surface area contributed by atoms with Crippen LogP contribution in [-0.2, 0) is 14.3 Å². The van der Waals surface area contributed by atoms with Crippen LogP contribution in [0.2, 0.25) is 0 Å². The summed E-state index contributed by atoms with van der Waals surface area (Å²) in [4.78, 5) is 43.0. The minimum atomic E-state index is -0.710. The average molecular weight is 491 g/mol. The van der Waals surface area contributed by atoms with Gasteiger partial charge in [-0.15, -0.1) is 0 Å². The summed E-state index contributed by atoms with van der Waals surface area (Å²) in [6, 6.07) is 16.1. The molecule has 2 N–H and O–H groups in total. The molecule has 0 aliphatic heterocycles. The van der Waals surface area contributed by atoms with Crippen molar-refractivity contribution >= 4 is 35.0 Å². The van der Waals surface area contributed by atoms with Crippen LogP contribution in [0.15, 0.2) is 60.8 Å². The van der Waals surface area contributed by atoms with E-state index in [1.165, 1.54) is 11.9 Å². The lowest BCUT2D eigenvalue weighted by Crippen LogP contribution is -2.37. The molecule has 0 radical (unpaired) electrons. The van der Waals surface area contributed by atoms with Gasteiger partial charge in [0.05, 0.1) is 13.2 Å². The van der Waals surface area contributed by atoms with Gasteiger partial charge in [0.2, 0.25) is 5.91 Å². The number of carbonyl (C=O) groups is 3. The second-order valence-electron chi connectivity index (χ2n) is 8.12. The molecule has 3 rings (SSSR count). The maximum atomic E-state index is 12.7. The second-order valence-corrected chi connectivity index (χ2v) is 8.12. The van der Waals surface area contributed by atoms with Gasteiger partial charge in [-0.1, -0.05) is 18.2 Å². The molecule has 0 saturated heterocycles. The van der Waals surface area contributed by atoms with Crippen molar-refractivity contribution in [2.75, 3.05) is 37.4 Å². The maximum absolute atomic E-state index is 12.7. The summed E-state index contributed by atoms with van der Waals surface area (Å²) in [6.07, 6.45) is 1.54. The number of ether oxygens (including phenoxy) is 2. The number of para-hydroxylation sites is 1. The molecular formula is C27H30N4O5. The lowest BCUT2D eigenvalue weighted by Gasteiger charge is -2.18. The molecule has 0 fully saturated rings. The Labute approximate surface area is 210 Å². The Morgan fingerprint density at radius 3 is 2.33 bits per heavy atom. The minimum absolute atomic E-state index is 0.176. The van der Waals surface area contributed by atoms with E-state index in [2.05, 4.69) is 15.6 Å². The normalized spacial score (nSPS) is 10.3. The van der Waals surface area contributed by atoms with Gasteiger partial charge >= 0.3 is 5.97 Å². The molecule has 0 aliphatic carbocycles. The molecule has 188 valence electrons. The van der Waals surface area contributed by atoms with E-state index in [1.807, 2.05) is 39.0 Å². The second kappa shape index (κ2) is 12.3. The molecule has 36 heavy (non-hydrogen) atoms. The number of carbonyl (C=O) groups excluding carboxylic acids is 3. The number of esters is 1. The summed E-state index contributed by atoms with van der Waals surface area (Å²) in [7, 11) is 1.48. The molecule has 0 bridgehead atoms. The highest BCUT2D eigenvalue weighted by Gasteiger charge is 2.19. The molecule has 0 spiro atoms. The number of hydrogen-bond acceptors (Lipinski definition) is 7. The van der Waals surface area contributed by atoms with Crippen molar-refractivity contribution < 1.29 is 23.9 Å². The number of nitrogens with one attached hydrogen (secondary N) is 2. The van der Waals surface area contributed by atoms with Gasteiger partial charge in [-0.3, -0.25) is 9.59 Å². The van der Waals surface area contributed by atoms with Gasteiger partial charge in [-0.25, -0.2) is 9.78 Å². The molecule has 0 saturated carbocycles. The van der Waals surface area contributed by atoms with Crippen LogP contribution in [0, 0.1) is 13.8 Å². The van der Waals surface area contributed by atoms with Crippen molar-refractivity contribution in [3.05, 3.63) is 77.5 Å². The van der Waals surface area contributed by atoms with Crippen molar-refractivity contribution in [3.8, 4) is 5.75 Å². The lowest BCUT2D eigenvalue weighted by molar-refractivity contribution is -0.136. The molecule has 1 aromatic heterocycles. The first-order valence-electron chi connectivity index (χ1n) is 11.5. The van der Waals surface area contributed by atoms with E-state index in [4.69, 9.17) is 9.47 Å². The Bertz CT molecular complexity index is 1210. The quantitative estimate of drug-likeness (QED) is 0.412. The molecule has 1 heterocycles. The van der Waals surface area contributed by atoms with Gasteiger partial charge in [0.1, 0.15) is 17.1 Å². The molecular weight excluding hydrogens is 460 g/mol. The third kappa shape index (κ3) is 7.05. The Morgan fingerprint density at radius 2 is 1.67 bits per heavy atom. The van der Waals surface area contributed by atoms with Crippen molar-refractivity contribution in [1.82, 2.24) is 9.88 Å². The number of hydrogen-bond donors (Lipinski definition) is 2. The topological polar surface area (TPSA) is 110 Å². The van der Waals surface area contributed by atoms with Crippen molar-refractivity contribution in [3.63, 3.8) is 0 Å². The Hall–Kier alpha value is -4.40. The smallest absolute Gasteiger partial charge is 0.342 e. The molecule has 9 heteroatoms. The number of likely N-dealkylation sites (N-methyl/N-ethyl adjacent to an activating group) is 1. The zero-order valence-corrected chi connectivity index (χ0v) is 20.8. The number of rotatable bonds is 10. The van der Waals surface area contributed by atoms with E-state index in [0.717, 1.165) is 22.6 Å². The minimum Gasteiger partial charge on any atom is -0.494 e. The number of nitrogens with zero attached hydrogens (tertiary/aromatic N) is 2. The summed E-state index contributed by atoms with van der Waals surface area (Å²) >= 11 is 0. The summed E-state index contributed by atoms with van der Waals surface area (Å²) in [5.41, 5.74) is 3.46. The molecule has 2 amide bonds. The largest absolute Gasteiger partial charge is 0.494 e. The van der Waals surface area contributed by atoms with E-state index in [9.17, 15) is 14.4 Å². The van der Waals surface area contributed by atoms with Crippen molar-refractivity contribution in [2.45, 2.75) is 20.8 Å². The molecule has 9 nitrogen and oxygen atoms in total. The van der Waals surface area contributed by atoms with E-state index in [-0.39, 0.29) is 18.0 Å². The highest BCUT2D eigenvalue weighted by atomic mass is 16.5. The van der Waals surface area contributed by atoms with Crippen LogP contribution in [0.4, 0.5) is 17.2 Å². The fourth-order valence-electron chi connectivity index (χ4n) is 3.42. The number of pyridine rings is 1. The number of anilines is 3. The van der Waals surface area contributed by atoms with Crippen LogP contribution in [0.3, 0.4) is 0 Å². The zero-order chi connectivity index (χ0) is 26.1. The van der Waals surface area contributed by atoms with Crippen molar-refractivity contribution in [1.29, 1.82) is 0 Å². The summed E-state index contributed by atoms with van der Waals surface area (Å²) in [5.74, 6) is -0.540. The van der Waals surface area contributed by atoms with Gasteiger partial charge < -0.3 is 25.0 Å². The number of aryl methyl sites for hydroxylation is 2. The highest BCUT2D eigenvalue weighted by Crippen LogP contribution is 2.22. The Morgan fingerprint density at radius 1 is 0.972 bits per heavy atom. The summed E-state index contributed by atoms with van der Waals surface area (Å²) in [5, 5.41) is 5.91. The van der Waals surface area contributed by atoms with E-state index >= 15 is 0 Å². The number of aromatic nitrogens is 1. The zero-order valence-electron chi connectivity index (χ0n) is 20.8. The molecule has 3 aromatic rings. The van der Waals surface area contributed by atoms with Gasteiger partial charge in [0.25, 0.3) is 5.91 Å². The van der Waals surface area contributed by atoms with E-state index < -0.39 is 18.5 Å². The average Bonchev–Trinajstić information content (AvgIpc) is 2.86. The van der Waals surface area contributed by atoms with Gasteiger partial charge in [0, 0.05) is 24.6 Å². The van der Waals surface area contributed by atoms with Crippen LogP contribution in [0.25, 0.3) is 0 Å². The number of benzene rings is 2. The Balaban J connectivity index is 1.55. The lowest BCUT2D eigenvalue weighted by atomic mass is 10.1. The predicted octanol–water partition coefficient (Wildman–Crippen LogP) is 4.09. The monoisotopic (exact) mass is 490 g/mol. The van der Waals surface area contributed by atoms with Crippen molar-refractivity contribution in [2.24, 2.45) is 0 Å². The molecule has 0 atom stereocenters. The highest BCUT2D eigenvalue weighted by molar-refractivity contribution is 5.98. The predicted molar refractivity (Wildman–Crippen MR) is 138 cm³/mol. The first-order valence-corrected chi connectivity index (χ1v) is 11.5. The maximum Gasteiger partial charge on any atom is 0.342 e. The first kappa shape index (κ1) is 26.2. The molecule has 0 unspecified atom stereocenters.